The number of aromatic carboxylic acids is 1. The first-order chi connectivity index (χ1) is 10.6. The number of furan rings is 1. The summed E-state index contributed by atoms with van der Waals surface area (Å²) >= 11 is 0. The number of carbonyl (C=O) groups is 2. The third-order valence-corrected chi connectivity index (χ3v) is 4.16. The van der Waals surface area contributed by atoms with E-state index in [0.29, 0.717) is 12.5 Å². The summed E-state index contributed by atoms with van der Waals surface area (Å²) in [6.07, 6.45) is 1.99. The van der Waals surface area contributed by atoms with Gasteiger partial charge in [0, 0.05) is 24.6 Å². The van der Waals surface area contributed by atoms with Gasteiger partial charge in [0.25, 0.3) is 5.91 Å². The minimum atomic E-state index is -1.10. The van der Waals surface area contributed by atoms with Crippen molar-refractivity contribution in [3.63, 3.8) is 0 Å². The zero-order valence-corrected chi connectivity index (χ0v) is 12.2. The molecule has 5 heteroatoms. The summed E-state index contributed by atoms with van der Waals surface area (Å²) in [5.74, 6) is -0.968. The van der Waals surface area contributed by atoms with E-state index in [-0.39, 0.29) is 23.3 Å². The Kier molecular flexibility index (Phi) is 3.71. The highest BCUT2D eigenvalue weighted by Gasteiger charge is 2.34. The maximum absolute atomic E-state index is 12.5. The second kappa shape index (κ2) is 5.67. The molecule has 1 aromatic carbocycles. The summed E-state index contributed by atoms with van der Waals surface area (Å²) in [4.78, 5) is 25.1. The van der Waals surface area contributed by atoms with Gasteiger partial charge in [-0.2, -0.15) is 0 Å². The Hall–Kier alpha value is -2.56. The molecule has 2 unspecified atom stereocenters. The van der Waals surface area contributed by atoms with Crippen molar-refractivity contribution in [2.24, 2.45) is 0 Å². The molecule has 1 aliphatic heterocycles. The van der Waals surface area contributed by atoms with Gasteiger partial charge < -0.3 is 14.4 Å². The number of likely N-dealkylation sites (tertiary alicyclic amines) is 1. The van der Waals surface area contributed by atoms with Crippen LogP contribution in [0.1, 0.15) is 45.7 Å². The van der Waals surface area contributed by atoms with Gasteiger partial charge in [0.15, 0.2) is 5.76 Å². The maximum atomic E-state index is 12.5. The molecule has 1 aliphatic rings. The normalized spacial score (nSPS) is 21.0. The van der Waals surface area contributed by atoms with Gasteiger partial charge in [0.05, 0.1) is 5.56 Å². The third-order valence-electron chi connectivity index (χ3n) is 4.16. The fourth-order valence-corrected chi connectivity index (χ4v) is 2.98. The molecule has 2 heterocycles. The molecule has 0 saturated carbocycles. The zero-order valence-electron chi connectivity index (χ0n) is 12.2. The van der Waals surface area contributed by atoms with Gasteiger partial charge in [0.2, 0.25) is 0 Å². The van der Waals surface area contributed by atoms with Crippen LogP contribution in [-0.4, -0.2) is 34.5 Å². The Labute approximate surface area is 128 Å². The van der Waals surface area contributed by atoms with Crippen molar-refractivity contribution in [3.8, 4) is 0 Å². The summed E-state index contributed by atoms with van der Waals surface area (Å²) in [5, 5.41) is 8.90. The Morgan fingerprint density at radius 1 is 1.27 bits per heavy atom. The average molecular weight is 299 g/mol. The number of rotatable bonds is 3. The molecule has 5 nitrogen and oxygen atoms in total. The minimum absolute atomic E-state index is 0.00481. The molecule has 2 aromatic rings. The lowest BCUT2D eigenvalue weighted by molar-refractivity contribution is 0.0692. The first-order valence-corrected chi connectivity index (χ1v) is 7.24. The van der Waals surface area contributed by atoms with Crippen molar-refractivity contribution < 1.29 is 19.1 Å². The number of carboxylic acid groups (broad SMARTS) is 1. The highest BCUT2D eigenvalue weighted by atomic mass is 16.4. The van der Waals surface area contributed by atoms with E-state index in [0.717, 1.165) is 12.7 Å². The summed E-state index contributed by atoms with van der Waals surface area (Å²) in [6, 6.07) is 11.5. The molecule has 1 aromatic heterocycles. The number of carbonyl (C=O) groups excluding carboxylic acids is 1. The van der Waals surface area contributed by atoms with Crippen LogP contribution in [0.2, 0.25) is 0 Å². The zero-order chi connectivity index (χ0) is 15.7. The minimum Gasteiger partial charge on any atom is -0.478 e. The number of hydrogen-bond acceptors (Lipinski definition) is 3. The van der Waals surface area contributed by atoms with Crippen LogP contribution in [0.4, 0.5) is 0 Å². The van der Waals surface area contributed by atoms with Gasteiger partial charge in [-0.05, 0) is 18.9 Å². The van der Waals surface area contributed by atoms with E-state index in [1.54, 1.807) is 4.90 Å². The standard InChI is InChI=1S/C17H17NO4/c1-11-7-13(12-5-3-2-4-6-12)9-18(11)16(19)15-8-14(10-22-15)17(20)21/h2-6,8,10-11,13H,7,9H2,1H3,(H,20,21). The fraction of sp³-hybridized carbons (Fsp3) is 0.294. The Morgan fingerprint density at radius 3 is 2.64 bits per heavy atom. The molecule has 1 N–H and O–H groups in total. The smallest absolute Gasteiger partial charge is 0.338 e. The first-order valence-electron chi connectivity index (χ1n) is 7.24. The van der Waals surface area contributed by atoms with E-state index < -0.39 is 5.97 Å². The monoisotopic (exact) mass is 299 g/mol. The maximum Gasteiger partial charge on any atom is 0.338 e. The van der Waals surface area contributed by atoms with Crippen LogP contribution in [0.3, 0.4) is 0 Å². The lowest BCUT2D eigenvalue weighted by atomic mass is 9.97. The average Bonchev–Trinajstić information content (AvgIpc) is 3.14. The van der Waals surface area contributed by atoms with E-state index in [4.69, 9.17) is 9.52 Å². The number of hydrogen-bond donors (Lipinski definition) is 1. The molecular weight excluding hydrogens is 282 g/mol. The van der Waals surface area contributed by atoms with E-state index in [1.165, 1.54) is 11.6 Å². The van der Waals surface area contributed by atoms with Crippen molar-refractivity contribution >= 4 is 11.9 Å². The quantitative estimate of drug-likeness (QED) is 0.945. The second-order valence-corrected chi connectivity index (χ2v) is 5.65. The summed E-state index contributed by atoms with van der Waals surface area (Å²) in [5.41, 5.74) is 1.21. The van der Waals surface area contributed by atoms with Crippen LogP contribution in [0.5, 0.6) is 0 Å². The molecular formula is C17H17NO4. The molecule has 0 bridgehead atoms. The van der Waals surface area contributed by atoms with Crippen LogP contribution in [0.25, 0.3) is 0 Å². The van der Waals surface area contributed by atoms with Gasteiger partial charge in [-0.25, -0.2) is 4.79 Å². The molecule has 0 radical (unpaired) electrons. The van der Waals surface area contributed by atoms with Crippen molar-refractivity contribution in [1.29, 1.82) is 0 Å². The number of nitrogens with zero attached hydrogens (tertiary/aromatic N) is 1. The fourth-order valence-electron chi connectivity index (χ4n) is 2.98. The van der Waals surface area contributed by atoms with Gasteiger partial charge in [-0.3, -0.25) is 4.79 Å². The van der Waals surface area contributed by atoms with Crippen LogP contribution in [0.15, 0.2) is 47.1 Å². The van der Waals surface area contributed by atoms with E-state index >= 15 is 0 Å². The Morgan fingerprint density at radius 2 is 2.00 bits per heavy atom. The van der Waals surface area contributed by atoms with Crippen molar-refractivity contribution in [2.75, 3.05) is 6.54 Å². The molecule has 22 heavy (non-hydrogen) atoms. The Bertz CT molecular complexity index is 692. The van der Waals surface area contributed by atoms with E-state index in [2.05, 4.69) is 12.1 Å². The number of amides is 1. The highest BCUT2D eigenvalue weighted by molar-refractivity contribution is 5.95. The molecule has 1 saturated heterocycles. The SMILES string of the molecule is CC1CC(c2ccccc2)CN1C(=O)c1cc(C(=O)O)co1. The van der Waals surface area contributed by atoms with Gasteiger partial charge in [-0.1, -0.05) is 30.3 Å². The molecule has 114 valence electrons. The van der Waals surface area contributed by atoms with Gasteiger partial charge in [0.1, 0.15) is 6.26 Å². The molecule has 1 fully saturated rings. The summed E-state index contributed by atoms with van der Waals surface area (Å²) in [6.45, 7) is 2.62. The van der Waals surface area contributed by atoms with Crippen molar-refractivity contribution in [3.05, 3.63) is 59.5 Å². The van der Waals surface area contributed by atoms with Crippen LogP contribution in [0, 0.1) is 0 Å². The predicted octanol–water partition coefficient (Wildman–Crippen LogP) is 3.00. The van der Waals surface area contributed by atoms with Crippen LogP contribution < -0.4 is 0 Å². The molecule has 2 atom stereocenters. The van der Waals surface area contributed by atoms with Crippen LogP contribution >= 0.6 is 0 Å². The predicted molar refractivity (Wildman–Crippen MR) is 80.0 cm³/mol. The Balaban J connectivity index is 1.77. The summed E-state index contributed by atoms with van der Waals surface area (Å²) < 4.78 is 5.12. The second-order valence-electron chi connectivity index (χ2n) is 5.65. The number of benzene rings is 1. The van der Waals surface area contributed by atoms with Gasteiger partial charge >= 0.3 is 5.97 Å². The van der Waals surface area contributed by atoms with Crippen molar-refractivity contribution in [2.45, 2.75) is 25.3 Å². The largest absolute Gasteiger partial charge is 0.478 e. The van der Waals surface area contributed by atoms with Crippen molar-refractivity contribution in [1.82, 2.24) is 4.90 Å². The molecule has 0 spiro atoms. The lowest BCUT2D eigenvalue weighted by Crippen LogP contribution is -2.33. The van der Waals surface area contributed by atoms with E-state index in [1.807, 2.05) is 25.1 Å². The highest BCUT2D eigenvalue weighted by Crippen LogP contribution is 2.32. The number of carboxylic acids is 1. The first kappa shape index (κ1) is 14.4. The topological polar surface area (TPSA) is 70.8 Å². The lowest BCUT2D eigenvalue weighted by Gasteiger charge is -2.20. The van der Waals surface area contributed by atoms with Crippen LogP contribution in [-0.2, 0) is 0 Å². The molecule has 3 rings (SSSR count). The van der Waals surface area contributed by atoms with E-state index in [9.17, 15) is 9.59 Å². The molecule has 0 aliphatic carbocycles. The molecule has 1 amide bonds. The summed E-state index contributed by atoms with van der Waals surface area (Å²) in [7, 11) is 0. The third kappa shape index (κ3) is 2.62. The van der Waals surface area contributed by atoms with Gasteiger partial charge in [-0.15, -0.1) is 0 Å².